The third-order valence-corrected chi connectivity index (χ3v) is 4.36. The molecule has 0 saturated carbocycles. The third-order valence-electron chi connectivity index (χ3n) is 4.36. The summed E-state index contributed by atoms with van der Waals surface area (Å²) in [6.07, 6.45) is 5.91. The Morgan fingerprint density at radius 3 is 2.67 bits per heavy atom. The number of methoxy groups -OCH3 is 1. The highest BCUT2D eigenvalue weighted by molar-refractivity contribution is 5.44. The lowest BCUT2D eigenvalue weighted by Crippen LogP contribution is -2.27. The van der Waals surface area contributed by atoms with Crippen molar-refractivity contribution in [2.24, 2.45) is 0 Å². The van der Waals surface area contributed by atoms with Gasteiger partial charge in [0.1, 0.15) is 6.10 Å². The number of hydrogen-bond acceptors (Lipinski definition) is 4. The highest BCUT2D eigenvalue weighted by atomic mass is 16.5. The van der Waals surface area contributed by atoms with Crippen LogP contribution in [0, 0.1) is 0 Å². The first kappa shape index (κ1) is 14.7. The van der Waals surface area contributed by atoms with Crippen LogP contribution < -0.4 is 14.8 Å². The van der Waals surface area contributed by atoms with Gasteiger partial charge in [-0.15, -0.1) is 0 Å². The lowest BCUT2D eigenvalue weighted by molar-refractivity contribution is 0.0245. The molecule has 4 nitrogen and oxygen atoms in total. The van der Waals surface area contributed by atoms with Gasteiger partial charge in [-0.2, -0.15) is 0 Å². The van der Waals surface area contributed by atoms with Gasteiger partial charge < -0.3 is 19.5 Å². The van der Waals surface area contributed by atoms with E-state index in [1.54, 1.807) is 7.11 Å². The summed E-state index contributed by atoms with van der Waals surface area (Å²) in [4.78, 5) is 0. The third kappa shape index (κ3) is 3.69. The van der Waals surface area contributed by atoms with Crippen molar-refractivity contribution in [1.82, 2.24) is 5.32 Å². The van der Waals surface area contributed by atoms with Crippen LogP contribution in [0.2, 0.25) is 0 Å². The molecule has 4 heteroatoms. The molecule has 0 aliphatic carbocycles. The molecule has 2 aliphatic heterocycles. The van der Waals surface area contributed by atoms with Gasteiger partial charge in [0.15, 0.2) is 11.5 Å². The Hall–Kier alpha value is -1.26. The summed E-state index contributed by atoms with van der Waals surface area (Å²) in [6, 6.07) is 6.79. The zero-order valence-electron chi connectivity index (χ0n) is 12.8. The molecule has 2 heterocycles. The lowest BCUT2D eigenvalue weighted by atomic mass is 9.97. The summed E-state index contributed by atoms with van der Waals surface area (Å²) >= 11 is 0. The second-order valence-corrected chi connectivity index (χ2v) is 5.84. The van der Waals surface area contributed by atoms with Crippen molar-refractivity contribution >= 4 is 0 Å². The monoisotopic (exact) mass is 291 g/mol. The fraction of sp³-hybridized carbons (Fsp3) is 0.647. The first-order valence-electron chi connectivity index (χ1n) is 8.02. The van der Waals surface area contributed by atoms with E-state index in [2.05, 4.69) is 23.5 Å². The topological polar surface area (TPSA) is 39.7 Å². The van der Waals surface area contributed by atoms with Crippen LogP contribution in [0.4, 0.5) is 0 Å². The average molecular weight is 291 g/mol. The van der Waals surface area contributed by atoms with Crippen LogP contribution in [0.25, 0.3) is 0 Å². The Labute approximate surface area is 126 Å². The van der Waals surface area contributed by atoms with Crippen molar-refractivity contribution in [2.45, 2.75) is 44.2 Å². The maximum atomic E-state index is 6.09. The zero-order valence-corrected chi connectivity index (χ0v) is 12.8. The molecule has 0 bridgehead atoms. The standard InChI is InChI=1S/C17H25NO3/c1-19-17-12-13(15-4-2-3-9-18-15)5-6-16(17)21-14-7-10-20-11-8-14/h5-6,12,14-15,18H,2-4,7-11H2,1H3. The number of rotatable bonds is 4. The summed E-state index contributed by atoms with van der Waals surface area (Å²) in [7, 11) is 1.71. The molecule has 0 spiro atoms. The highest BCUT2D eigenvalue weighted by Crippen LogP contribution is 2.34. The Balaban J connectivity index is 1.71. The largest absolute Gasteiger partial charge is 0.493 e. The number of ether oxygens (including phenoxy) is 3. The number of piperidine rings is 1. The summed E-state index contributed by atoms with van der Waals surface area (Å²) < 4.78 is 17.0. The van der Waals surface area contributed by atoms with Crippen molar-refractivity contribution in [3.8, 4) is 11.5 Å². The Morgan fingerprint density at radius 1 is 1.10 bits per heavy atom. The minimum absolute atomic E-state index is 0.242. The summed E-state index contributed by atoms with van der Waals surface area (Å²) in [5.41, 5.74) is 1.30. The summed E-state index contributed by atoms with van der Waals surface area (Å²) in [5, 5.41) is 3.57. The summed E-state index contributed by atoms with van der Waals surface area (Å²) in [5.74, 6) is 1.69. The van der Waals surface area contributed by atoms with E-state index < -0.39 is 0 Å². The highest BCUT2D eigenvalue weighted by Gasteiger charge is 2.20. The minimum Gasteiger partial charge on any atom is -0.493 e. The van der Waals surface area contributed by atoms with Gasteiger partial charge in [-0.1, -0.05) is 12.5 Å². The molecule has 1 unspecified atom stereocenters. The first-order chi connectivity index (χ1) is 10.4. The van der Waals surface area contributed by atoms with Gasteiger partial charge in [-0.3, -0.25) is 0 Å². The van der Waals surface area contributed by atoms with Crippen molar-refractivity contribution in [1.29, 1.82) is 0 Å². The minimum atomic E-state index is 0.242. The molecule has 0 aromatic heterocycles. The molecule has 0 amide bonds. The van der Waals surface area contributed by atoms with E-state index in [1.165, 1.54) is 24.8 Å². The van der Waals surface area contributed by atoms with Crippen LogP contribution in [0.5, 0.6) is 11.5 Å². The fourth-order valence-corrected chi connectivity index (χ4v) is 3.11. The molecule has 116 valence electrons. The molecule has 3 rings (SSSR count). The van der Waals surface area contributed by atoms with Crippen LogP contribution in [-0.4, -0.2) is 33.0 Å². The molecule has 21 heavy (non-hydrogen) atoms. The van der Waals surface area contributed by atoms with Crippen molar-refractivity contribution < 1.29 is 14.2 Å². The average Bonchev–Trinajstić information content (AvgIpc) is 2.57. The predicted molar refractivity (Wildman–Crippen MR) is 82.1 cm³/mol. The molecular weight excluding hydrogens is 266 g/mol. The smallest absolute Gasteiger partial charge is 0.161 e. The van der Waals surface area contributed by atoms with E-state index in [4.69, 9.17) is 14.2 Å². The predicted octanol–water partition coefficient (Wildman–Crippen LogP) is 3.07. The Morgan fingerprint density at radius 2 is 1.95 bits per heavy atom. The molecule has 1 aromatic carbocycles. The van der Waals surface area contributed by atoms with Crippen molar-refractivity contribution in [2.75, 3.05) is 26.9 Å². The van der Waals surface area contributed by atoms with Gasteiger partial charge in [0.25, 0.3) is 0 Å². The van der Waals surface area contributed by atoms with Crippen LogP contribution in [0.3, 0.4) is 0 Å². The van der Waals surface area contributed by atoms with E-state index in [-0.39, 0.29) is 6.10 Å². The Bertz CT molecular complexity index is 451. The van der Waals surface area contributed by atoms with E-state index in [9.17, 15) is 0 Å². The molecule has 0 radical (unpaired) electrons. The normalized spacial score (nSPS) is 23.8. The van der Waals surface area contributed by atoms with Gasteiger partial charge in [0, 0.05) is 18.9 Å². The molecule has 2 aliphatic rings. The maximum absolute atomic E-state index is 6.09. The second kappa shape index (κ2) is 7.14. The van der Waals surface area contributed by atoms with E-state index in [0.717, 1.165) is 44.1 Å². The zero-order chi connectivity index (χ0) is 14.5. The van der Waals surface area contributed by atoms with Crippen LogP contribution in [0.15, 0.2) is 18.2 Å². The van der Waals surface area contributed by atoms with E-state index in [1.807, 2.05) is 0 Å². The first-order valence-corrected chi connectivity index (χ1v) is 8.02. The van der Waals surface area contributed by atoms with E-state index >= 15 is 0 Å². The molecule has 1 atom stereocenters. The molecule has 1 aromatic rings. The number of hydrogen-bond donors (Lipinski definition) is 1. The van der Waals surface area contributed by atoms with Crippen molar-refractivity contribution in [3.05, 3.63) is 23.8 Å². The second-order valence-electron chi connectivity index (χ2n) is 5.84. The molecule has 2 fully saturated rings. The molecule has 1 N–H and O–H groups in total. The van der Waals surface area contributed by atoms with Crippen LogP contribution in [-0.2, 0) is 4.74 Å². The lowest BCUT2D eigenvalue weighted by Gasteiger charge is -2.26. The van der Waals surface area contributed by atoms with Gasteiger partial charge >= 0.3 is 0 Å². The fourth-order valence-electron chi connectivity index (χ4n) is 3.11. The van der Waals surface area contributed by atoms with E-state index in [0.29, 0.717) is 6.04 Å². The summed E-state index contributed by atoms with van der Waals surface area (Å²) in [6.45, 7) is 2.68. The van der Waals surface area contributed by atoms with Gasteiger partial charge in [-0.05, 0) is 37.1 Å². The van der Waals surface area contributed by atoms with Crippen LogP contribution >= 0.6 is 0 Å². The van der Waals surface area contributed by atoms with Crippen molar-refractivity contribution in [3.63, 3.8) is 0 Å². The maximum Gasteiger partial charge on any atom is 0.161 e. The van der Waals surface area contributed by atoms with Gasteiger partial charge in [-0.25, -0.2) is 0 Å². The quantitative estimate of drug-likeness (QED) is 0.925. The Kier molecular flexibility index (Phi) is 4.99. The van der Waals surface area contributed by atoms with Gasteiger partial charge in [0.05, 0.1) is 20.3 Å². The number of nitrogens with one attached hydrogen (secondary N) is 1. The van der Waals surface area contributed by atoms with Gasteiger partial charge in [0.2, 0.25) is 0 Å². The molecule has 2 saturated heterocycles. The number of benzene rings is 1. The van der Waals surface area contributed by atoms with Crippen LogP contribution in [0.1, 0.15) is 43.7 Å². The SMILES string of the molecule is COc1cc(C2CCCCN2)ccc1OC1CCOCC1. The molecular formula is C17H25NO3.